The Labute approximate surface area is 132 Å². The van der Waals surface area contributed by atoms with Gasteiger partial charge in [0.25, 0.3) is 5.91 Å². The zero-order valence-corrected chi connectivity index (χ0v) is 13.3. The van der Waals surface area contributed by atoms with Crippen molar-refractivity contribution < 1.29 is 4.79 Å². The number of halogens is 1. The van der Waals surface area contributed by atoms with Gasteiger partial charge in [-0.2, -0.15) is 0 Å². The number of amides is 1. The molecule has 2 N–H and O–H groups in total. The number of nitrogens with one attached hydrogen (secondary N) is 2. The van der Waals surface area contributed by atoms with Gasteiger partial charge in [-0.25, -0.2) is 0 Å². The van der Waals surface area contributed by atoms with Crippen molar-refractivity contribution in [3.8, 4) is 0 Å². The first-order valence-electron chi connectivity index (χ1n) is 5.95. The summed E-state index contributed by atoms with van der Waals surface area (Å²) in [6.07, 6.45) is 0. The predicted octanol–water partition coefficient (Wildman–Crippen LogP) is 1.96. The molecule has 1 fully saturated rings. The largest absolute Gasteiger partial charge is 0.348 e. The van der Waals surface area contributed by atoms with Crippen molar-refractivity contribution in [1.29, 1.82) is 0 Å². The second kappa shape index (κ2) is 7.12. The van der Waals surface area contributed by atoms with E-state index in [1.54, 1.807) is 23.9 Å². The van der Waals surface area contributed by atoms with Gasteiger partial charge in [0.2, 0.25) is 0 Å². The number of hydrogen-bond donors (Lipinski definition) is 2. The van der Waals surface area contributed by atoms with Crippen LogP contribution < -0.4 is 10.9 Å². The fraction of sp³-hybridized carbons (Fsp3) is 0.333. The standard InChI is InChI=1S/C12H15ClN4OS2/c1-16-7-17(8-20-12(16)19)6-11(18)15-14-10-4-2-3-9(13)5-10/h2-5,14H,6-8H2,1H3,(H,15,18). The number of thioether (sulfide) groups is 1. The first-order chi connectivity index (χ1) is 9.54. The fourth-order valence-corrected chi connectivity index (χ4v) is 2.85. The number of carbonyl (C=O) groups is 1. The molecule has 0 bridgehead atoms. The highest BCUT2D eigenvalue weighted by molar-refractivity contribution is 8.22. The Bertz CT molecular complexity index is 514. The second-order valence-electron chi connectivity index (χ2n) is 4.39. The predicted molar refractivity (Wildman–Crippen MR) is 87.6 cm³/mol. The molecule has 0 spiro atoms. The molecule has 1 amide bonds. The highest BCUT2D eigenvalue weighted by atomic mass is 35.5. The summed E-state index contributed by atoms with van der Waals surface area (Å²) in [5.74, 6) is 0.625. The second-order valence-corrected chi connectivity index (χ2v) is 6.41. The van der Waals surface area contributed by atoms with E-state index < -0.39 is 0 Å². The van der Waals surface area contributed by atoms with Crippen molar-refractivity contribution in [1.82, 2.24) is 15.2 Å². The maximum atomic E-state index is 11.8. The van der Waals surface area contributed by atoms with Gasteiger partial charge in [0.05, 0.1) is 24.8 Å². The van der Waals surface area contributed by atoms with Gasteiger partial charge in [-0.05, 0) is 18.2 Å². The summed E-state index contributed by atoms with van der Waals surface area (Å²) in [5, 5.41) is 0.617. The van der Waals surface area contributed by atoms with Gasteiger partial charge in [-0.15, -0.1) is 0 Å². The minimum atomic E-state index is -0.105. The Morgan fingerprint density at radius 1 is 1.55 bits per heavy atom. The smallest absolute Gasteiger partial charge is 0.252 e. The van der Waals surface area contributed by atoms with Crippen LogP contribution in [0.2, 0.25) is 5.02 Å². The molecule has 1 aromatic carbocycles. The van der Waals surface area contributed by atoms with E-state index in [2.05, 4.69) is 10.9 Å². The SMILES string of the molecule is CN1CN(CC(=O)NNc2cccc(Cl)c2)CSC1=S. The van der Waals surface area contributed by atoms with Crippen molar-refractivity contribution >= 4 is 51.5 Å². The van der Waals surface area contributed by atoms with E-state index >= 15 is 0 Å². The van der Waals surface area contributed by atoms with Crippen LogP contribution in [0.1, 0.15) is 0 Å². The van der Waals surface area contributed by atoms with E-state index in [1.807, 2.05) is 29.0 Å². The van der Waals surface area contributed by atoms with Crippen molar-refractivity contribution in [2.45, 2.75) is 0 Å². The van der Waals surface area contributed by atoms with Crippen LogP contribution in [0.25, 0.3) is 0 Å². The van der Waals surface area contributed by atoms with Crippen LogP contribution in [0.5, 0.6) is 0 Å². The average molecular weight is 331 g/mol. The van der Waals surface area contributed by atoms with Gasteiger partial charge < -0.3 is 4.90 Å². The number of anilines is 1. The lowest BCUT2D eigenvalue weighted by molar-refractivity contribution is -0.121. The molecule has 1 aliphatic rings. The fourth-order valence-electron chi connectivity index (χ4n) is 1.70. The highest BCUT2D eigenvalue weighted by Crippen LogP contribution is 2.16. The monoisotopic (exact) mass is 330 g/mol. The zero-order chi connectivity index (χ0) is 14.5. The minimum Gasteiger partial charge on any atom is -0.348 e. The maximum absolute atomic E-state index is 11.8. The summed E-state index contributed by atoms with van der Waals surface area (Å²) >= 11 is 12.6. The normalized spacial score (nSPS) is 16.1. The van der Waals surface area contributed by atoms with Crippen LogP contribution in [0.15, 0.2) is 24.3 Å². The van der Waals surface area contributed by atoms with Crippen molar-refractivity contribution in [3.05, 3.63) is 29.3 Å². The van der Waals surface area contributed by atoms with E-state index in [0.29, 0.717) is 18.2 Å². The van der Waals surface area contributed by atoms with E-state index in [9.17, 15) is 4.79 Å². The molecule has 1 aliphatic heterocycles. The first-order valence-corrected chi connectivity index (χ1v) is 7.72. The quantitative estimate of drug-likeness (QED) is 0.650. The summed E-state index contributed by atoms with van der Waals surface area (Å²) in [6, 6.07) is 7.16. The van der Waals surface area contributed by atoms with Gasteiger partial charge in [0.15, 0.2) is 0 Å². The van der Waals surface area contributed by atoms with Crippen LogP contribution in [-0.2, 0) is 4.79 Å². The Morgan fingerprint density at radius 3 is 3.05 bits per heavy atom. The minimum absolute atomic E-state index is 0.105. The molecule has 0 aliphatic carbocycles. The van der Waals surface area contributed by atoms with Crippen molar-refractivity contribution in [2.24, 2.45) is 0 Å². The number of thiocarbonyl (C=S) groups is 1. The number of nitrogens with zero attached hydrogens (tertiary/aromatic N) is 2. The Hall–Kier alpha value is -1.02. The van der Waals surface area contributed by atoms with Gasteiger partial charge >= 0.3 is 0 Å². The van der Waals surface area contributed by atoms with Crippen LogP contribution in [0.4, 0.5) is 5.69 Å². The van der Waals surface area contributed by atoms with Gasteiger partial charge in [-0.1, -0.05) is 41.6 Å². The Morgan fingerprint density at radius 2 is 2.35 bits per heavy atom. The highest BCUT2D eigenvalue weighted by Gasteiger charge is 2.20. The molecule has 1 heterocycles. The van der Waals surface area contributed by atoms with E-state index in [4.69, 9.17) is 23.8 Å². The van der Waals surface area contributed by atoms with E-state index in [-0.39, 0.29) is 5.91 Å². The Kier molecular flexibility index (Phi) is 5.47. The number of hydrazine groups is 1. The lowest BCUT2D eigenvalue weighted by atomic mass is 10.3. The van der Waals surface area contributed by atoms with Crippen LogP contribution in [0, 0.1) is 0 Å². The lowest BCUT2D eigenvalue weighted by Crippen LogP contribution is -2.47. The summed E-state index contributed by atoms with van der Waals surface area (Å²) in [6.45, 7) is 0.976. The van der Waals surface area contributed by atoms with Gasteiger partial charge in [0.1, 0.15) is 4.32 Å². The molecular formula is C12H15ClN4OS2. The molecule has 0 radical (unpaired) electrons. The third kappa shape index (κ3) is 4.52. The Balaban J connectivity index is 1.77. The molecule has 5 nitrogen and oxygen atoms in total. The summed E-state index contributed by atoms with van der Waals surface area (Å²) < 4.78 is 0.860. The van der Waals surface area contributed by atoms with Crippen molar-refractivity contribution in [3.63, 3.8) is 0 Å². The molecule has 8 heteroatoms. The van der Waals surface area contributed by atoms with E-state index in [0.717, 1.165) is 15.9 Å². The maximum Gasteiger partial charge on any atom is 0.252 e. The van der Waals surface area contributed by atoms with Crippen LogP contribution in [-0.4, -0.2) is 46.2 Å². The van der Waals surface area contributed by atoms with Crippen molar-refractivity contribution in [2.75, 3.05) is 31.6 Å². The molecule has 0 atom stereocenters. The molecule has 20 heavy (non-hydrogen) atoms. The molecule has 2 rings (SSSR count). The first kappa shape index (κ1) is 15.4. The zero-order valence-electron chi connectivity index (χ0n) is 10.9. The molecule has 108 valence electrons. The number of hydrogen-bond acceptors (Lipinski definition) is 5. The summed E-state index contributed by atoms with van der Waals surface area (Å²) in [4.78, 5) is 15.8. The number of rotatable bonds is 4. The number of carbonyl (C=O) groups excluding carboxylic acids is 1. The molecule has 0 unspecified atom stereocenters. The third-order valence-electron chi connectivity index (χ3n) is 2.63. The van der Waals surface area contributed by atoms with E-state index in [1.165, 1.54) is 0 Å². The van der Waals surface area contributed by atoms with Crippen LogP contribution >= 0.6 is 35.6 Å². The summed E-state index contributed by atoms with van der Waals surface area (Å²) in [7, 11) is 1.92. The van der Waals surface area contributed by atoms with Gasteiger partial charge in [0, 0.05) is 12.1 Å². The summed E-state index contributed by atoms with van der Waals surface area (Å²) in [5.41, 5.74) is 6.23. The number of benzene rings is 1. The van der Waals surface area contributed by atoms with Crippen LogP contribution in [0.3, 0.4) is 0 Å². The molecule has 0 saturated carbocycles. The third-order valence-corrected chi connectivity index (χ3v) is 4.59. The molecule has 1 saturated heterocycles. The van der Waals surface area contributed by atoms with Gasteiger partial charge in [-0.3, -0.25) is 20.5 Å². The average Bonchev–Trinajstić information content (AvgIpc) is 2.41. The molecule has 0 aromatic heterocycles. The molecule has 1 aromatic rings. The lowest BCUT2D eigenvalue weighted by Gasteiger charge is -2.33. The molecular weight excluding hydrogens is 316 g/mol. The topological polar surface area (TPSA) is 47.6 Å².